The van der Waals surface area contributed by atoms with E-state index in [2.05, 4.69) is 0 Å². The lowest BCUT2D eigenvalue weighted by molar-refractivity contribution is 0.416. The summed E-state index contributed by atoms with van der Waals surface area (Å²) in [4.78, 5) is 17.7. The maximum absolute atomic E-state index is 13.0. The molecule has 4 heteroatoms. The maximum Gasteiger partial charge on any atom is 0.261 e. The predicted molar refractivity (Wildman–Crippen MR) is 104 cm³/mol. The Morgan fingerprint density at radius 3 is 2.38 bits per heavy atom. The number of nitrogens with zero attached hydrogens (tertiary/aromatic N) is 2. The largest absolute Gasteiger partial charge is 0.496 e. The van der Waals surface area contributed by atoms with Gasteiger partial charge in [0, 0.05) is 7.05 Å². The van der Waals surface area contributed by atoms with Gasteiger partial charge in [-0.2, -0.15) is 0 Å². The van der Waals surface area contributed by atoms with E-state index in [-0.39, 0.29) is 5.56 Å². The molecule has 128 valence electrons. The molecule has 3 aromatic carbocycles. The molecule has 4 aromatic rings. The molecule has 0 fully saturated rings. The van der Waals surface area contributed by atoms with E-state index in [0.717, 1.165) is 16.7 Å². The molecule has 0 unspecified atom stereocenters. The van der Waals surface area contributed by atoms with Crippen LogP contribution in [0.2, 0.25) is 0 Å². The summed E-state index contributed by atoms with van der Waals surface area (Å²) in [6.07, 6.45) is 0. The van der Waals surface area contributed by atoms with Gasteiger partial charge in [-0.25, -0.2) is 4.98 Å². The molecule has 26 heavy (non-hydrogen) atoms. The molecule has 0 atom stereocenters. The Labute approximate surface area is 151 Å². The molecule has 0 amide bonds. The van der Waals surface area contributed by atoms with Crippen molar-refractivity contribution < 1.29 is 4.74 Å². The van der Waals surface area contributed by atoms with Gasteiger partial charge in [-0.3, -0.25) is 9.36 Å². The van der Waals surface area contributed by atoms with E-state index in [9.17, 15) is 4.79 Å². The minimum absolute atomic E-state index is 0.0753. The molecular formula is C22H18N2O2. The number of fused-ring (bicyclic) bond motifs is 1. The van der Waals surface area contributed by atoms with Crippen LogP contribution in [0.15, 0.2) is 77.6 Å². The Bertz CT molecular complexity index is 1150. The van der Waals surface area contributed by atoms with E-state index in [1.807, 2.05) is 72.8 Å². The minimum Gasteiger partial charge on any atom is -0.496 e. The van der Waals surface area contributed by atoms with Crippen molar-refractivity contribution in [2.24, 2.45) is 7.05 Å². The fraction of sp³-hybridized carbons (Fsp3) is 0.0909. The topological polar surface area (TPSA) is 44.1 Å². The molecule has 4 nitrogen and oxygen atoms in total. The van der Waals surface area contributed by atoms with E-state index in [4.69, 9.17) is 9.72 Å². The van der Waals surface area contributed by atoms with Crippen LogP contribution in [-0.2, 0) is 7.05 Å². The van der Waals surface area contributed by atoms with Gasteiger partial charge in [-0.1, -0.05) is 48.5 Å². The van der Waals surface area contributed by atoms with Gasteiger partial charge in [-0.05, 0) is 35.4 Å². The van der Waals surface area contributed by atoms with Gasteiger partial charge in [0.2, 0.25) is 0 Å². The first kappa shape index (κ1) is 16.1. The monoisotopic (exact) mass is 342 g/mol. The van der Waals surface area contributed by atoms with Gasteiger partial charge in [0.15, 0.2) is 0 Å². The van der Waals surface area contributed by atoms with Gasteiger partial charge >= 0.3 is 0 Å². The van der Waals surface area contributed by atoms with Crippen molar-refractivity contribution in [3.8, 4) is 28.3 Å². The first-order valence-corrected chi connectivity index (χ1v) is 8.38. The fourth-order valence-electron chi connectivity index (χ4n) is 3.15. The normalized spacial score (nSPS) is 10.8. The van der Waals surface area contributed by atoms with Crippen molar-refractivity contribution in [3.63, 3.8) is 0 Å². The second-order valence-corrected chi connectivity index (χ2v) is 6.10. The molecule has 0 aliphatic heterocycles. The first-order valence-electron chi connectivity index (χ1n) is 8.38. The van der Waals surface area contributed by atoms with Crippen LogP contribution in [0, 0.1) is 0 Å². The number of methoxy groups -OCH3 is 1. The zero-order chi connectivity index (χ0) is 18.1. The number of hydrogen-bond acceptors (Lipinski definition) is 3. The molecular weight excluding hydrogens is 324 g/mol. The van der Waals surface area contributed by atoms with Crippen LogP contribution < -0.4 is 10.3 Å². The fourth-order valence-corrected chi connectivity index (χ4v) is 3.15. The van der Waals surface area contributed by atoms with Crippen molar-refractivity contribution in [1.29, 1.82) is 0 Å². The molecule has 0 N–H and O–H groups in total. The molecule has 0 spiro atoms. The van der Waals surface area contributed by atoms with Gasteiger partial charge in [-0.15, -0.1) is 0 Å². The third-order valence-electron chi connectivity index (χ3n) is 4.53. The van der Waals surface area contributed by atoms with Gasteiger partial charge in [0.05, 0.1) is 23.6 Å². The molecule has 0 saturated carbocycles. The summed E-state index contributed by atoms with van der Waals surface area (Å²) in [6, 6.07) is 23.4. The molecule has 1 heterocycles. The molecule has 0 aliphatic rings. The Balaban J connectivity index is 1.94. The third-order valence-corrected chi connectivity index (χ3v) is 4.53. The summed E-state index contributed by atoms with van der Waals surface area (Å²) in [5.41, 5.74) is 3.47. The Kier molecular flexibility index (Phi) is 4.01. The quantitative estimate of drug-likeness (QED) is 0.558. The van der Waals surface area contributed by atoms with Crippen LogP contribution in [0.5, 0.6) is 5.75 Å². The average molecular weight is 342 g/mol. The predicted octanol–water partition coefficient (Wildman–Crippen LogP) is 4.28. The van der Waals surface area contributed by atoms with Crippen LogP contribution in [0.4, 0.5) is 0 Å². The van der Waals surface area contributed by atoms with E-state index in [0.29, 0.717) is 22.5 Å². The zero-order valence-electron chi connectivity index (χ0n) is 14.6. The number of benzene rings is 3. The van der Waals surface area contributed by atoms with Gasteiger partial charge < -0.3 is 4.74 Å². The highest BCUT2D eigenvalue weighted by atomic mass is 16.5. The lowest BCUT2D eigenvalue weighted by atomic mass is 10.0. The summed E-state index contributed by atoms with van der Waals surface area (Å²) in [7, 11) is 3.36. The number of ether oxygens (including phenoxy) is 1. The lowest BCUT2D eigenvalue weighted by Gasteiger charge is -2.13. The highest BCUT2D eigenvalue weighted by Gasteiger charge is 2.14. The number of hydrogen-bond donors (Lipinski definition) is 0. The van der Waals surface area contributed by atoms with Crippen LogP contribution in [0.3, 0.4) is 0 Å². The smallest absolute Gasteiger partial charge is 0.261 e. The SMILES string of the molecule is COc1ccccc1-c1nc2ccc(-c3ccccc3)cc2c(=O)n1C. The van der Waals surface area contributed by atoms with Crippen LogP contribution >= 0.6 is 0 Å². The van der Waals surface area contributed by atoms with Crippen LogP contribution in [-0.4, -0.2) is 16.7 Å². The van der Waals surface area contributed by atoms with Crippen molar-refractivity contribution in [3.05, 3.63) is 83.2 Å². The highest BCUT2D eigenvalue weighted by Crippen LogP contribution is 2.29. The summed E-state index contributed by atoms with van der Waals surface area (Å²) in [5, 5.41) is 0.604. The Hall–Kier alpha value is -3.40. The minimum atomic E-state index is -0.0753. The molecule has 0 saturated heterocycles. The summed E-state index contributed by atoms with van der Waals surface area (Å²) in [6.45, 7) is 0. The second kappa shape index (κ2) is 6.48. The van der Waals surface area contributed by atoms with Crippen LogP contribution in [0.1, 0.15) is 0 Å². The lowest BCUT2D eigenvalue weighted by Crippen LogP contribution is -2.20. The third kappa shape index (κ3) is 2.65. The Morgan fingerprint density at radius 2 is 1.62 bits per heavy atom. The standard InChI is InChI=1S/C22H18N2O2/c1-24-21(17-10-6-7-11-20(17)26-2)23-19-13-12-16(14-18(19)22(24)25)15-8-4-3-5-9-15/h3-14H,1-2H3. The van der Waals surface area contributed by atoms with E-state index in [1.165, 1.54) is 0 Å². The number of rotatable bonds is 3. The Morgan fingerprint density at radius 1 is 0.885 bits per heavy atom. The van der Waals surface area contributed by atoms with E-state index < -0.39 is 0 Å². The van der Waals surface area contributed by atoms with Crippen molar-refractivity contribution >= 4 is 10.9 Å². The summed E-state index contributed by atoms with van der Waals surface area (Å²) >= 11 is 0. The van der Waals surface area contributed by atoms with Crippen LogP contribution in [0.25, 0.3) is 33.4 Å². The first-order chi connectivity index (χ1) is 12.7. The van der Waals surface area contributed by atoms with Crippen molar-refractivity contribution in [2.75, 3.05) is 7.11 Å². The molecule has 0 bridgehead atoms. The summed E-state index contributed by atoms with van der Waals surface area (Å²) in [5.74, 6) is 1.28. The highest BCUT2D eigenvalue weighted by molar-refractivity contribution is 5.85. The number of para-hydroxylation sites is 1. The van der Waals surface area contributed by atoms with Crippen molar-refractivity contribution in [2.45, 2.75) is 0 Å². The van der Waals surface area contributed by atoms with Gasteiger partial charge in [0.25, 0.3) is 5.56 Å². The second-order valence-electron chi connectivity index (χ2n) is 6.10. The maximum atomic E-state index is 13.0. The molecule has 0 radical (unpaired) electrons. The van der Waals surface area contributed by atoms with E-state index in [1.54, 1.807) is 18.7 Å². The van der Waals surface area contributed by atoms with Gasteiger partial charge in [0.1, 0.15) is 11.6 Å². The average Bonchev–Trinajstić information content (AvgIpc) is 2.71. The molecule has 1 aromatic heterocycles. The van der Waals surface area contributed by atoms with Crippen molar-refractivity contribution in [1.82, 2.24) is 9.55 Å². The number of aromatic nitrogens is 2. The zero-order valence-corrected chi connectivity index (χ0v) is 14.6. The molecule has 0 aliphatic carbocycles. The summed E-state index contributed by atoms with van der Waals surface area (Å²) < 4.78 is 7.01. The van der Waals surface area contributed by atoms with E-state index >= 15 is 0 Å². The molecule has 4 rings (SSSR count).